The highest BCUT2D eigenvalue weighted by atomic mass is 32.1. The normalized spacial score (nSPS) is 36.2. The van der Waals surface area contributed by atoms with Crippen LogP contribution in [0.3, 0.4) is 0 Å². The van der Waals surface area contributed by atoms with Crippen molar-refractivity contribution >= 4 is 11.3 Å². The minimum Gasteiger partial charge on any atom is -0.381 e. The van der Waals surface area contributed by atoms with Gasteiger partial charge in [-0.15, -0.1) is 11.3 Å². The van der Waals surface area contributed by atoms with Gasteiger partial charge in [0, 0.05) is 36.7 Å². The fourth-order valence-corrected chi connectivity index (χ4v) is 4.59. The van der Waals surface area contributed by atoms with E-state index in [4.69, 9.17) is 10.5 Å². The Balaban J connectivity index is 1.81. The zero-order chi connectivity index (χ0) is 12.8. The summed E-state index contributed by atoms with van der Waals surface area (Å²) in [6, 6.07) is 2.79. The maximum atomic E-state index is 6.08. The van der Waals surface area contributed by atoms with E-state index < -0.39 is 0 Å². The van der Waals surface area contributed by atoms with Crippen molar-refractivity contribution in [3.63, 3.8) is 0 Å². The number of hydrogen-bond donors (Lipinski definition) is 1. The average molecular weight is 266 g/mol. The van der Waals surface area contributed by atoms with Crippen LogP contribution in [0, 0.1) is 0 Å². The maximum Gasteiger partial charge on any atom is 0.0607 e. The molecule has 1 fully saturated rings. The zero-order valence-electron chi connectivity index (χ0n) is 11.2. The third-order valence-corrected chi connectivity index (χ3v) is 5.81. The minimum absolute atomic E-state index is 0.180. The van der Waals surface area contributed by atoms with E-state index in [1.54, 1.807) is 4.88 Å². The van der Waals surface area contributed by atoms with E-state index in [-0.39, 0.29) is 5.54 Å². The first kappa shape index (κ1) is 12.6. The third kappa shape index (κ3) is 1.74. The lowest BCUT2D eigenvalue weighted by Crippen LogP contribution is -2.65. The van der Waals surface area contributed by atoms with Gasteiger partial charge in [-0.2, -0.15) is 0 Å². The van der Waals surface area contributed by atoms with Crippen molar-refractivity contribution in [2.24, 2.45) is 5.73 Å². The molecule has 1 aromatic heterocycles. The Hall–Kier alpha value is -0.420. The number of methoxy groups -OCH3 is 1. The summed E-state index contributed by atoms with van der Waals surface area (Å²) in [5.41, 5.74) is 7.77. The van der Waals surface area contributed by atoms with Gasteiger partial charge in [-0.05, 0) is 43.2 Å². The largest absolute Gasteiger partial charge is 0.381 e. The lowest BCUT2D eigenvalue weighted by molar-refractivity contribution is -0.103. The van der Waals surface area contributed by atoms with Gasteiger partial charge in [0.2, 0.25) is 0 Å². The van der Waals surface area contributed by atoms with Gasteiger partial charge >= 0.3 is 0 Å². The Bertz CT molecular complexity index is 425. The molecule has 1 aliphatic carbocycles. The monoisotopic (exact) mass is 266 g/mol. The van der Waals surface area contributed by atoms with E-state index in [0.717, 1.165) is 25.9 Å². The topological polar surface area (TPSA) is 38.5 Å². The number of nitrogens with two attached hydrogens (primary N) is 1. The highest BCUT2D eigenvalue weighted by molar-refractivity contribution is 7.10. The van der Waals surface area contributed by atoms with Crippen molar-refractivity contribution in [1.82, 2.24) is 4.90 Å². The molecule has 3 rings (SSSR count). The van der Waals surface area contributed by atoms with Crippen LogP contribution in [0.15, 0.2) is 11.4 Å². The van der Waals surface area contributed by atoms with Gasteiger partial charge in [0.05, 0.1) is 6.10 Å². The Morgan fingerprint density at radius 1 is 1.56 bits per heavy atom. The molecule has 1 unspecified atom stereocenters. The standard InChI is InChI=1S/C14H22N2OS/c1-10-12-4-6-18-13(12)3-5-16(10)14(9-15)7-11(8-14)17-2/h4,6,10-11H,3,5,7-9,15H2,1-2H3. The van der Waals surface area contributed by atoms with Gasteiger partial charge in [0.1, 0.15) is 0 Å². The second-order valence-electron chi connectivity index (χ2n) is 5.61. The second-order valence-corrected chi connectivity index (χ2v) is 6.61. The Kier molecular flexibility index (Phi) is 3.22. The molecule has 2 heterocycles. The number of fused-ring (bicyclic) bond motifs is 1. The Morgan fingerprint density at radius 2 is 2.33 bits per heavy atom. The van der Waals surface area contributed by atoms with Crippen LogP contribution in [0.25, 0.3) is 0 Å². The number of thiophene rings is 1. The Labute approximate surface area is 113 Å². The molecule has 0 bridgehead atoms. The van der Waals surface area contributed by atoms with Crippen LogP contribution in [-0.2, 0) is 11.2 Å². The van der Waals surface area contributed by atoms with Crippen molar-refractivity contribution in [3.05, 3.63) is 21.9 Å². The van der Waals surface area contributed by atoms with Crippen LogP contribution in [0.4, 0.5) is 0 Å². The molecule has 1 atom stereocenters. The first-order valence-corrected chi connectivity index (χ1v) is 7.64. The van der Waals surface area contributed by atoms with Gasteiger partial charge in [-0.25, -0.2) is 0 Å². The predicted molar refractivity (Wildman–Crippen MR) is 75.0 cm³/mol. The molecule has 18 heavy (non-hydrogen) atoms. The molecule has 100 valence electrons. The van der Waals surface area contributed by atoms with Crippen LogP contribution < -0.4 is 5.73 Å². The van der Waals surface area contributed by atoms with Crippen LogP contribution in [-0.4, -0.2) is 36.7 Å². The number of nitrogens with zero attached hydrogens (tertiary/aromatic N) is 1. The Morgan fingerprint density at radius 3 is 3.00 bits per heavy atom. The molecule has 0 aromatic carbocycles. The summed E-state index contributed by atoms with van der Waals surface area (Å²) in [6.07, 6.45) is 3.76. The summed E-state index contributed by atoms with van der Waals surface area (Å²) in [7, 11) is 1.81. The summed E-state index contributed by atoms with van der Waals surface area (Å²) in [6.45, 7) is 4.21. The van der Waals surface area contributed by atoms with Gasteiger partial charge < -0.3 is 10.5 Å². The van der Waals surface area contributed by atoms with Crippen LogP contribution in [0.1, 0.15) is 36.2 Å². The molecule has 1 aliphatic heterocycles. The highest BCUT2D eigenvalue weighted by Crippen LogP contribution is 2.45. The van der Waals surface area contributed by atoms with Crippen molar-refractivity contribution in [1.29, 1.82) is 0 Å². The van der Waals surface area contributed by atoms with Crippen molar-refractivity contribution in [2.45, 2.75) is 43.9 Å². The first-order chi connectivity index (χ1) is 8.70. The molecule has 0 saturated heterocycles. The fraction of sp³-hybridized carbons (Fsp3) is 0.714. The molecule has 1 aromatic rings. The third-order valence-electron chi connectivity index (χ3n) is 4.82. The number of hydrogen-bond acceptors (Lipinski definition) is 4. The second kappa shape index (κ2) is 4.60. The molecular weight excluding hydrogens is 244 g/mol. The van der Waals surface area contributed by atoms with Gasteiger partial charge in [-0.1, -0.05) is 0 Å². The zero-order valence-corrected chi connectivity index (χ0v) is 12.0. The van der Waals surface area contributed by atoms with E-state index in [9.17, 15) is 0 Å². The van der Waals surface area contributed by atoms with Gasteiger partial charge in [-0.3, -0.25) is 4.90 Å². The summed E-state index contributed by atoms with van der Waals surface area (Å²) in [5.74, 6) is 0. The molecule has 2 N–H and O–H groups in total. The summed E-state index contributed by atoms with van der Waals surface area (Å²) in [5, 5.41) is 2.22. The van der Waals surface area contributed by atoms with Gasteiger partial charge in [0.15, 0.2) is 0 Å². The molecule has 0 spiro atoms. The maximum absolute atomic E-state index is 6.08. The van der Waals surface area contributed by atoms with E-state index in [2.05, 4.69) is 23.3 Å². The molecular formula is C14H22N2OS. The smallest absolute Gasteiger partial charge is 0.0607 e. The minimum atomic E-state index is 0.180. The van der Waals surface area contributed by atoms with Crippen molar-refractivity contribution in [2.75, 3.05) is 20.2 Å². The lowest BCUT2D eigenvalue weighted by Gasteiger charge is -2.56. The number of rotatable bonds is 3. The highest BCUT2D eigenvalue weighted by Gasteiger charge is 2.50. The molecule has 4 heteroatoms. The number of ether oxygens (including phenoxy) is 1. The molecule has 0 amide bonds. The first-order valence-electron chi connectivity index (χ1n) is 6.76. The summed E-state index contributed by atoms with van der Waals surface area (Å²) < 4.78 is 5.44. The van der Waals surface area contributed by atoms with Crippen molar-refractivity contribution in [3.8, 4) is 0 Å². The quantitative estimate of drug-likeness (QED) is 0.911. The lowest BCUT2D eigenvalue weighted by atomic mass is 9.71. The van der Waals surface area contributed by atoms with Crippen molar-refractivity contribution < 1.29 is 4.74 Å². The van der Waals surface area contributed by atoms with Crippen LogP contribution in [0.5, 0.6) is 0 Å². The summed E-state index contributed by atoms with van der Waals surface area (Å²) in [4.78, 5) is 4.19. The predicted octanol–water partition coefficient (Wildman–Crippen LogP) is 2.17. The van der Waals surface area contributed by atoms with E-state index >= 15 is 0 Å². The molecule has 0 radical (unpaired) electrons. The van der Waals surface area contributed by atoms with E-state index in [1.165, 1.54) is 12.0 Å². The summed E-state index contributed by atoms with van der Waals surface area (Å²) >= 11 is 1.90. The van der Waals surface area contributed by atoms with Gasteiger partial charge in [0.25, 0.3) is 0 Å². The van der Waals surface area contributed by atoms with Crippen LogP contribution in [0.2, 0.25) is 0 Å². The van der Waals surface area contributed by atoms with E-state index in [1.807, 2.05) is 18.4 Å². The fourth-order valence-electron chi connectivity index (χ4n) is 3.63. The molecule has 3 nitrogen and oxygen atoms in total. The molecule has 1 saturated carbocycles. The SMILES string of the molecule is COC1CC(CN)(N2CCc3sccc3C2C)C1. The molecule has 2 aliphatic rings. The van der Waals surface area contributed by atoms with Crippen LogP contribution >= 0.6 is 11.3 Å². The van der Waals surface area contributed by atoms with E-state index in [0.29, 0.717) is 12.1 Å². The average Bonchev–Trinajstić information content (AvgIpc) is 2.80.